The summed E-state index contributed by atoms with van der Waals surface area (Å²) in [4.78, 5) is 12.3. The molecule has 0 fully saturated rings. The number of rotatable bonds is 6. The molecular weight excluding hydrogens is 428 g/mol. The van der Waals surface area contributed by atoms with E-state index in [2.05, 4.69) is 15.2 Å². The van der Waals surface area contributed by atoms with E-state index < -0.39 is 30.4 Å². The summed E-state index contributed by atoms with van der Waals surface area (Å²) in [6, 6.07) is 9.99. The van der Waals surface area contributed by atoms with E-state index in [1.807, 2.05) is 0 Å². The van der Waals surface area contributed by atoms with Crippen molar-refractivity contribution >= 4 is 11.6 Å². The van der Waals surface area contributed by atoms with Crippen molar-refractivity contribution in [3.63, 3.8) is 0 Å². The second kappa shape index (κ2) is 8.70. The van der Waals surface area contributed by atoms with Crippen LogP contribution in [-0.2, 0) is 12.7 Å². The molecule has 31 heavy (non-hydrogen) atoms. The Morgan fingerprint density at radius 1 is 1.03 bits per heavy atom. The fraction of sp³-hybridized carbons (Fsp3) is 0.200. The molecule has 3 rings (SSSR count). The highest BCUT2D eigenvalue weighted by Gasteiger charge is 2.30. The summed E-state index contributed by atoms with van der Waals surface area (Å²) in [6.45, 7) is -1.44. The van der Waals surface area contributed by atoms with Gasteiger partial charge >= 0.3 is 12.4 Å². The molecule has 0 atom stereocenters. The zero-order valence-corrected chi connectivity index (χ0v) is 15.7. The van der Waals surface area contributed by atoms with Crippen LogP contribution >= 0.6 is 0 Å². The van der Waals surface area contributed by atoms with Crippen LogP contribution in [0.2, 0.25) is 0 Å². The van der Waals surface area contributed by atoms with Gasteiger partial charge in [0.2, 0.25) is 0 Å². The van der Waals surface area contributed by atoms with E-state index >= 15 is 0 Å². The van der Waals surface area contributed by atoms with E-state index in [1.165, 1.54) is 47.4 Å². The molecule has 1 aromatic heterocycles. The molecule has 0 saturated carbocycles. The van der Waals surface area contributed by atoms with E-state index in [-0.39, 0.29) is 23.5 Å². The fourth-order valence-electron chi connectivity index (χ4n) is 2.64. The van der Waals surface area contributed by atoms with Crippen LogP contribution in [0.15, 0.2) is 60.9 Å². The van der Waals surface area contributed by atoms with Gasteiger partial charge in [0.05, 0.1) is 24.0 Å². The molecule has 0 radical (unpaired) electrons. The third kappa shape index (κ3) is 6.49. The highest BCUT2D eigenvalue weighted by Crippen LogP contribution is 2.29. The number of nitrogens with one attached hydrogen (secondary N) is 1. The van der Waals surface area contributed by atoms with Crippen LogP contribution in [0.5, 0.6) is 5.75 Å². The quantitative estimate of drug-likeness (QED) is 0.537. The molecule has 1 N–H and O–H groups in total. The van der Waals surface area contributed by atoms with Crippen molar-refractivity contribution in [2.24, 2.45) is 0 Å². The zero-order chi connectivity index (χ0) is 22.6. The van der Waals surface area contributed by atoms with Crippen molar-refractivity contribution in [3.05, 3.63) is 77.6 Å². The number of carbonyl (C=O) groups excluding carboxylic acids is 1. The molecule has 3 aromatic rings. The molecule has 0 aliphatic carbocycles. The Hall–Kier alpha value is -3.50. The van der Waals surface area contributed by atoms with Gasteiger partial charge in [0, 0.05) is 11.8 Å². The van der Waals surface area contributed by atoms with Gasteiger partial charge in [-0.15, -0.1) is 0 Å². The lowest BCUT2D eigenvalue weighted by molar-refractivity contribution is -0.153. The van der Waals surface area contributed by atoms with Gasteiger partial charge in [0.15, 0.2) is 6.61 Å². The second-order valence-electron chi connectivity index (χ2n) is 6.51. The minimum Gasteiger partial charge on any atom is -0.484 e. The number of aromatic nitrogens is 2. The topological polar surface area (TPSA) is 56.2 Å². The van der Waals surface area contributed by atoms with E-state index in [1.54, 1.807) is 0 Å². The van der Waals surface area contributed by atoms with Crippen LogP contribution < -0.4 is 10.1 Å². The molecule has 0 saturated heterocycles. The minimum absolute atomic E-state index is 0.0422. The van der Waals surface area contributed by atoms with Crippen LogP contribution in [-0.4, -0.2) is 28.5 Å². The van der Waals surface area contributed by atoms with Gasteiger partial charge in [0.25, 0.3) is 5.91 Å². The molecule has 1 heterocycles. The van der Waals surface area contributed by atoms with Crippen LogP contribution in [0.1, 0.15) is 21.5 Å². The van der Waals surface area contributed by atoms with E-state index in [9.17, 15) is 31.1 Å². The Balaban J connectivity index is 1.64. The van der Waals surface area contributed by atoms with E-state index in [0.717, 1.165) is 18.2 Å². The number of anilines is 1. The summed E-state index contributed by atoms with van der Waals surface area (Å²) >= 11 is 0. The molecular formula is C20H15F6N3O2. The summed E-state index contributed by atoms with van der Waals surface area (Å²) in [7, 11) is 0. The largest absolute Gasteiger partial charge is 0.484 e. The van der Waals surface area contributed by atoms with E-state index in [4.69, 9.17) is 0 Å². The zero-order valence-electron chi connectivity index (χ0n) is 15.7. The number of benzene rings is 2. The van der Waals surface area contributed by atoms with Crippen LogP contribution in [0, 0.1) is 0 Å². The highest BCUT2D eigenvalue weighted by atomic mass is 19.4. The minimum atomic E-state index is -4.51. The van der Waals surface area contributed by atoms with Crippen LogP contribution in [0.25, 0.3) is 0 Å². The first kappa shape index (κ1) is 22.2. The maximum Gasteiger partial charge on any atom is 0.422 e. The first-order valence-electron chi connectivity index (χ1n) is 8.79. The number of hydrogen-bond donors (Lipinski definition) is 1. The number of nitrogens with zero attached hydrogens (tertiary/aromatic N) is 2. The molecule has 0 spiro atoms. The SMILES string of the molecule is O=C(Nc1cnn(Cc2cccc(C(F)(F)F)c2)c1)c1cccc(OCC(F)(F)F)c1. The average Bonchev–Trinajstić information content (AvgIpc) is 3.12. The average molecular weight is 443 g/mol. The molecule has 0 bridgehead atoms. The predicted molar refractivity (Wildman–Crippen MR) is 98.7 cm³/mol. The van der Waals surface area contributed by atoms with Crippen LogP contribution in [0.3, 0.4) is 0 Å². The Labute approximate surface area is 172 Å². The van der Waals surface area contributed by atoms with Gasteiger partial charge in [-0.05, 0) is 35.9 Å². The van der Waals surface area contributed by atoms with Crippen molar-refractivity contribution in [1.29, 1.82) is 0 Å². The monoisotopic (exact) mass is 443 g/mol. The van der Waals surface area contributed by atoms with Crippen molar-refractivity contribution in [3.8, 4) is 5.75 Å². The lowest BCUT2D eigenvalue weighted by Crippen LogP contribution is -2.19. The van der Waals surface area contributed by atoms with Crippen molar-refractivity contribution < 1.29 is 35.9 Å². The molecule has 0 aliphatic rings. The summed E-state index contributed by atoms with van der Waals surface area (Å²) in [5, 5.41) is 6.51. The van der Waals surface area contributed by atoms with Gasteiger partial charge in [0.1, 0.15) is 5.75 Å². The molecule has 0 aliphatic heterocycles. The number of halogens is 6. The van der Waals surface area contributed by atoms with Crippen molar-refractivity contribution in [1.82, 2.24) is 9.78 Å². The van der Waals surface area contributed by atoms with Gasteiger partial charge in [-0.25, -0.2) is 0 Å². The molecule has 11 heteroatoms. The van der Waals surface area contributed by atoms with Crippen molar-refractivity contribution in [2.75, 3.05) is 11.9 Å². The smallest absolute Gasteiger partial charge is 0.422 e. The fourth-order valence-corrected chi connectivity index (χ4v) is 2.64. The predicted octanol–water partition coefficient (Wildman–Crippen LogP) is 5.14. The molecule has 2 aromatic carbocycles. The third-order valence-corrected chi connectivity index (χ3v) is 3.99. The summed E-state index contributed by atoms with van der Waals surface area (Å²) < 4.78 is 81.2. The van der Waals surface area contributed by atoms with E-state index in [0.29, 0.717) is 5.56 Å². The lowest BCUT2D eigenvalue weighted by Gasteiger charge is -2.10. The number of carbonyl (C=O) groups is 1. The Kier molecular flexibility index (Phi) is 6.23. The normalized spacial score (nSPS) is 11.9. The number of alkyl halides is 6. The first-order chi connectivity index (χ1) is 14.5. The first-order valence-corrected chi connectivity index (χ1v) is 8.79. The Morgan fingerprint density at radius 3 is 2.48 bits per heavy atom. The molecule has 5 nitrogen and oxygen atoms in total. The van der Waals surface area contributed by atoms with Gasteiger partial charge in [-0.2, -0.15) is 31.4 Å². The second-order valence-corrected chi connectivity index (χ2v) is 6.51. The summed E-state index contributed by atoms with van der Waals surface area (Å²) in [5.74, 6) is -0.735. The van der Waals surface area contributed by atoms with Gasteiger partial charge in [-0.3, -0.25) is 9.48 Å². The molecule has 0 unspecified atom stereocenters. The number of hydrogen-bond acceptors (Lipinski definition) is 3. The lowest BCUT2D eigenvalue weighted by atomic mass is 10.1. The summed E-state index contributed by atoms with van der Waals surface area (Å²) in [5.41, 5.74) is -0.0903. The molecule has 164 valence electrons. The summed E-state index contributed by atoms with van der Waals surface area (Å²) in [6.07, 6.45) is -6.25. The number of amides is 1. The standard InChI is InChI=1S/C20H15F6N3O2/c21-19(22,23)12-31-17-6-2-4-14(8-17)18(30)28-16-9-27-29(11-16)10-13-3-1-5-15(7-13)20(24,25)26/h1-9,11H,10,12H2,(H,28,30). The van der Waals surface area contributed by atoms with Crippen LogP contribution in [0.4, 0.5) is 32.0 Å². The number of ether oxygens (including phenoxy) is 1. The van der Waals surface area contributed by atoms with Gasteiger partial charge in [-0.1, -0.05) is 18.2 Å². The highest BCUT2D eigenvalue weighted by molar-refractivity contribution is 6.04. The Bertz CT molecular complexity index is 1060. The molecule has 1 amide bonds. The maximum absolute atomic E-state index is 12.8. The van der Waals surface area contributed by atoms with Crippen molar-refractivity contribution in [2.45, 2.75) is 18.9 Å². The maximum atomic E-state index is 12.8. The Morgan fingerprint density at radius 2 is 1.77 bits per heavy atom. The third-order valence-electron chi connectivity index (χ3n) is 3.99. The van der Waals surface area contributed by atoms with Gasteiger partial charge < -0.3 is 10.1 Å².